The third kappa shape index (κ3) is 8.39. The molecule has 0 saturated heterocycles. The van der Waals surface area contributed by atoms with Crippen molar-refractivity contribution >= 4 is 38.6 Å². The van der Waals surface area contributed by atoms with Gasteiger partial charge in [-0.2, -0.15) is 0 Å². The number of fused-ring (bicyclic) bond motifs is 2. The number of aliphatic carboxylic acids is 1. The van der Waals surface area contributed by atoms with E-state index in [-0.39, 0.29) is 47.2 Å². The quantitative estimate of drug-likeness (QED) is 0.0847. The number of nitrogens with two attached hydrogens (primary N) is 1. The molecule has 1 aliphatic heterocycles. The minimum absolute atomic E-state index is 0.0307. The fourth-order valence-corrected chi connectivity index (χ4v) is 7.88. The van der Waals surface area contributed by atoms with Crippen LogP contribution in [0.5, 0.6) is 5.75 Å². The fourth-order valence-electron chi connectivity index (χ4n) is 6.35. The summed E-state index contributed by atoms with van der Waals surface area (Å²) in [4.78, 5) is 44.5. The van der Waals surface area contributed by atoms with E-state index in [4.69, 9.17) is 10.5 Å². The largest absolute Gasteiger partial charge is 0.487 e. The maximum atomic E-state index is 13.5. The highest BCUT2D eigenvalue weighted by Crippen LogP contribution is 2.42. The summed E-state index contributed by atoms with van der Waals surface area (Å²) in [5, 5.41) is 13.7. The van der Waals surface area contributed by atoms with Gasteiger partial charge in [0.2, 0.25) is 5.96 Å². The summed E-state index contributed by atoms with van der Waals surface area (Å²) in [6.45, 7) is 9.25. The van der Waals surface area contributed by atoms with Crippen molar-refractivity contribution in [1.82, 2.24) is 15.0 Å². The first kappa shape index (κ1) is 37.0. The zero-order valence-electron chi connectivity index (χ0n) is 29.1. The standard InChI is InChI=1S/C37H42FN5O7S/c1-20-21(2)32(22(3)28-14-15-37(4,5)50-31(20)28)51(48,49)43-36(39)40-16-6-7-30(35(46)47)42-34(45)29-13-12-27(41-33(29)44)18-23-8-9-25-19-26(38)11-10-24(25)17-23/h8-13,17,19,30H,6-7,14-16,18H2,1-5H3,(H,41,44)(H,42,45)(H,46,47)(H3,39,40,43)/t30-/m0/s1. The SMILES string of the molecule is Cc1c(C)c(S(=O)(=O)NC(N)=NCCC[C@H](NC(=O)c2ccc(Cc3ccc4cc(F)ccc4c3)[nH]c2=O)C(=O)O)c(C)c2c1OC(C)(C)CC2. The molecule has 0 fully saturated rings. The first-order chi connectivity index (χ1) is 24.0. The van der Waals surface area contributed by atoms with Crippen LogP contribution in [0.25, 0.3) is 10.8 Å². The van der Waals surface area contributed by atoms with Crippen LogP contribution in [0.15, 0.2) is 63.2 Å². The Morgan fingerprint density at radius 3 is 2.47 bits per heavy atom. The molecule has 2 heterocycles. The van der Waals surface area contributed by atoms with Gasteiger partial charge in [0.15, 0.2) is 0 Å². The van der Waals surface area contributed by atoms with Gasteiger partial charge < -0.3 is 25.9 Å². The lowest BCUT2D eigenvalue weighted by Gasteiger charge is -2.35. The maximum absolute atomic E-state index is 13.5. The number of carboxylic acids is 1. The van der Waals surface area contributed by atoms with Crippen molar-refractivity contribution in [2.75, 3.05) is 6.54 Å². The first-order valence-corrected chi connectivity index (χ1v) is 18.0. The second kappa shape index (κ2) is 14.5. The van der Waals surface area contributed by atoms with Gasteiger partial charge in [0.05, 0.1) is 4.90 Å². The van der Waals surface area contributed by atoms with Gasteiger partial charge in [-0.1, -0.05) is 24.3 Å². The molecule has 4 aromatic rings. The lowest BCUT2D eigenvalue weighted by Crippen LogP contribution is -2.42. The van der Waals surface area contributed by atoms with Gasteiger partial charge in [-0.15, -0.1) is 0 Å². The third-order valence-corrected chi connectivity index (χ3v) is 10.8. The average Bonchev–Trinajstić information content (AvgIpc) is 3.04. The van der Waals surface area contributed by atoms with Gasteiger partial charge in [0.25, 0.3) is 21.5 Å². The number of hydrogen-bond donors (Lipinski definition) is 5. The summed E-state index contributed by atoms with van der Waals surface area (Å²) in [7, 11) is -4.11. The molecule has 14 heteroatoms. The number of H-pyrrole nitrogens is 1. The van der Waals surface area contributed by atoms with E-state index in [0.29, 0.717) is 35.4 Å². The van der Waals surface area contributed by atoms with Crippen LogP contribution in [-0.2, 0) is 27.7 Å². The summed E-state index contributed by atoms with van der Waals surface area (Å²) < 4.78 is 48.9. The number of sulfonamides is 1. The number of aromatic amines is 1. The van der Waals surface area contributed by atoms with Crippen molar-refractivity contribution in [3.63, 3.8) is 0 Å². The second-order valence-corrected chi connectivity index (χ2v) is 15.1. The van der Waals surface area contributed by atoms with Crippen LogP contribution in [-0.4, -0.2) is 54.5 Å². The number of aliphatic imine (C=N–C) groups is 1. The van der Waals surface area contributed by atoms with Gasteiger partial charge >= 0.3 is 5.97 Å². The molecule has 0 spiro atoms. The molecular weight excluding hydrogens is 678 g/mol. The van der Waals surface area contributed by atoms with E-state index in [0.717, 1.165) is 33.9 Å². The number of pyridine rings is 1. The van der Waals surface area contributed by atoms with Crippen LogP contribution < -0.4 is 26.1 Å². The number of carbonyl (C=O) groups excluding carboxylic acids is 1. The summed E-state index contributed by atoms with van der Waals surface area (Å²) in [5.41, 5.74) is 8.75. The Bertz CT molecular complexity index is 2230. The molecule has 1 atom stereocenters. The molecule has 1 amide bonds. The van der Waals surface area contributed by atoms with Crippen LogP contribution in [0.4, 0.5) is 4.39 Å². The Morgan fingerprint density at radius 2 is 1.76 bits per heavy atom. The number of carboxylic acid groups (broad SMARTS) is 1. The monoisotopic (exact) mass is 719 g/mol. The van der Waals surface area contributed by atoms with Gasteiger partial charge in [-0.3, -0.25) is 14.6 Å². The fraction of sp³-hybridized carbons (Fsp3) is 0.351. The van der Waals surface area contributed by atoms with Crippen molar-refractivity contribution in [3.05, 3.63) is 104 Å². The normalized spacial score (nSPS) is 14.7. The van der Waals surface area contributed by atoms with E-state index in [1.54, 1.807) is 32.0 Å². The molecule has 3 aromatic carbocycles. The van der Waals surface area contributed by atoms with Crippen molar-refractivity contribution in [1.29, 1.82) is 0 Å². The predicted octanol–water partition coefficient (Wildman–Crippen LogP) is 4.54. The number of hydrogen-bond acceptors (Lipinski definition) is 7. The summed E-state index contributed by atoms with van der Waals surface area (Å²) in [5.74, 6) is -2.16. The number of nitrogens with one attached hydrogen (secondary N) is 3. The molecular formula is C37H42FN5O7S. The van der Waals surface area contributed by atoms with Crippen molar-refractivity contribution < 1.29 is 32.2 Å². The average molecular weight is 720 g/mol. The van der Waals surface area contributed by atoms with Crippen LogP contribution in [0.2, 0.25) is 0 Å². The number of benzene rings is 3. The zero-order chi connectivity index (χ0) is 37.2. The highest BCUT2D eigenvalue weighted by Gasteiger charge is 2.33. The Hall–Kier alpha value is -5.24. The van der Waals surface area contributed by atoms with Crippen molar-refractivity contribution in [3.8, 4) is 5.75 Å². The van der Waals surface area contributed by atoms with Gasteiger partial charge in [0.1, 0.15) is 28.8 Å². The Kier molecular flexibility index (Phi) is 10.6. The molecule has 270 valence electrons. The molecule has 0 aliphatic carbocycles. The second-order valence-electron chi connectivity index (χ2n) is 13.5. The lowest BCUT2D eigenvalue weighted by molar-refractivity contribution is -0.139. The van der Waals surface area contributed by atoms with Crippen LogP contribution >= 0.6 is 0 Å². The molecule has 0 saturated carbocycles. The number of aromatic nitrogens is 1. The van der Waals surface area contributed by atoms with Crippen LogP contribution in [0.3, 0.4) is 0 Å². The Morgan fingerprint density at radius 1 is 1.06 bits per heavy atom. The van der Waals surface area contributed by atoms with Gasteiger partial charge in [0, 0.05) is 18.7 Å². The molecule has 12 nitrogen and oxygen atoms in total. The van der Waals surface area contributed by atoms with E-state index < -0.39 is 33.5 Å². The van der Waals surface area contributed by atoms with E-state index >= 15 is 0 Å². The number of amides is 1. The summed E-state index contributed by atoms with van der Waals surface area (Å²) >= 11 is 0. The number of guanidine groups is 1. The molecule has 0 bridgehead atoms. The van der Waals surface area contributed by atoms with E-state index in [9.17, 15) is 32.3 Å². The van der Waals surface area contributed by atoms with Crippen molar-refractivity contribution in [2.24, 2.45) is 10.7 Å². The van der Waals surface area contributed by atoms with E-state index in [2.05, 4.69) is 20.0 Å². The molecule has 6 N–H and O–H groups in total. The number of halogens is 1. The van der Waals surface area contributed by atoms with Crippen molar-refractivity contribution in [2.45, 2.75) is 83.3 Å². The number of rotatable bonds is 11. The minimum atomic E-state index is -4.11. The summed E-state index contributed by atoms with van der Waals surface area (Å²) in [6.07, 6.45) is 1.82. The zero-order valence-corrected chi connectivity index (χ0v) is 30.0. The third-order valence-electron chi connectivity index (χ3n) is 9.19. The van der Waals surface area contributed by atoms with Crippen LogP contribution in [0, 0.1) is 26.6 Å². The number of carbonyl (C=O) groups is 2. The molecule has 1 aliphatic rings. The minimum Gasteiger partial charge on any atom is -0.487 e. The maximum Gasteiger partial charge on any atom is 0.326 e. The molecule has 0 unspecified atom stereocenters. The molecule has 5 rings (SSSR count). The highest BCUT2D eigenvalue weighted by molar-refractivity contribution is 7.90. The molecule has 1 aromatic heterocycles. The Balaban J connectivity index is 1.18. The first-order valence-electron chi connectivity index (χ1n) is 16.5. The lowest BCUT2D eigenvalue weighted by atomic mass is 9.88. The number of nitrogens with zero attached hydrogens (tertiary/aromatic N) is 1. The molecule has 51 heavy (non-hydrogen) atoms. The van der Waals surface area contributed by atoms with Gasteiger partial charge in [-0.05, 0) is 123 Å². The van der Waals surface area contributed by atoms with E-state index in [1.807, 2.05) is 32.9 Å². The smallest absolute Gasteiger partial charge is 0.326 e. The van der Waals surface area contributed by atoms with Gasteiger partial charge in [-0.25, -0.2) is 22.3 Å². The predicted molar refractivity (Wildman–Crippen MR) is 192 cm³/mol. The highest BCUT2D eigenvalue weighted by atomic mass is 32.2. The number of ether oxygens (including phenoxy) is 1. The Labute approximate surface area is 295 Å². The summed E-state index contributed by atoms with van der Waals surface area (Å²) in [6, 6.07) is 11.5. The topological polar surface area (TPSA) is 193 Å². The van der Waals surface area contributed by atoms with E-state index in [1.165, 1.54) is 18.2 Å². The van der Waals surface area contributed by atoms with Crippen LogP contribution in [0.1, 0.15) is 77.0 Å². The molecule has 0 radical (unpaired) electrons.